The Morgan fingerprint density at radius 3 is 1.20 bits per heavy atom. The lowest BCUT2D eigenvalue weighted by atomic mass is 10.0. The predicted octanol–water partition coefficient (Wildman–Crippen LogP) is 15.1. The first kappa shape index (κ1) is 39.1. The van der Waals surface area contributed by atoms with E-state index in [9.17, 15) is 0 Å². The van der Waals surface area contributed by atoms with Crippen LogP contribution in [0.2, 0.25) is 26.2 Å². The van der Waals surface area contributed by atoms with Crippen molar-refractivity contribution in [3.63, 3.8) is 0 Å². The smallest absolute Gasteiger partial charge is 0.115 e. The molecule has 0 saturated heterocycles. The van der Waals surface area contributed by atoms with E-state index in [0.717, 1.165) is 22.5 Å². The fourth-order valence-corrected chi connectivity index (χ4v) is 20.7. The van der Waals surface area contributed by atoms with Gasteiger partial charge in [-0.3, -0.25) is 0 Å². The third-order valence-corrected chi connectivity index (χ3v) is 23.6. The van der Waals surface area contributed by atoms with Crippen LogP contribution in [0.1, 0.15) is 11.1 Å². The van der Waals surface area contributed by atoms with Gasteiger partial charge in [-0.25, -0.2) is 0 Å². The average Bonchev–Trinajstić information content (AvgIpc) is 4.06. The van der Waals surface area contributed by atoms with Gasteiger partial charge in [0.2, 0.25) is 0 Å². The Morgan fingerprint density at radius 1 is 0.406 bits per heavy atom. The van der Waals surface area contributed by atoms with Gasteiger partial charge < -0.3 is 9.80 Å². The summed E-state index contributed by atoms with van der Waals surface area (Å²) in [6.45, 7) is 18.3. The van der Waals surface area contributed by atoms with Crippen LogP contribution in [0.4, 0.5) is 32.8 Å². The monoisotopic (exact) mass is 890 g/mol. The van der Waals surface area contributed by atoms with Crippen molar-refractivity contribution >= 4 is 137 Å². The highest BCUT2D eigenvalue weighted by Crippen LogP contribution is 2.49. The van der Waals surface area contributed by atoms with E-state index in [1.807, 2.05) is 34.8 Å². The van der Waals surface area contributed by atoms with Crippen LogP contribution in [0, 0.1) is 0 Å². The standard InChI is InChI=1S/C58H46N2S2Si2/c1-7-37-23-27-43(28-24-37)59(49-21-13-17-39-15-9-11-19-45(39)49)55-35-53-57(61-55)47-31-41-34-52-48(32-42(41)33-51(47)63(53,3)4)58-54(64(52,5)6)36-56(62-58)60(44-29-25-38(8-2)26-30-44)50-22-14-18-40-16-10-12-20-46(40)50/h7-36H,1-2H2,3-6H3. The number of anilines is 6. The van der Waals surface area contributed by atoms with Crippen molar-refractivity contribution in [3.8, 4) is 20.9 Å². The molecule has 0 spiro atoms. The molecule has 12 rings (SSSR count). The molecule has 0 radical (unpaired) electrons. The second-order valence-corrected chi connectivity index (χ2v) is 29.0. The number of hydrogen-bond donors (Lipinski definition) is 0. The van der Waals surface area contributed by atoms with Gasteiger partial charge in [0.1, 0.15) is 26.1 Å². The highest BCUT2D eigenvalue weighted by molar-refractivity contribution is 7.25. The Labute approximate surface area is 385 Å². The highest BCUT2D eigenvalue weighted by atomic mass is 32.1. The summed E-state index contributed by atoms with van der Waals surface area (Å²) >= 11 is 3.91. The molecule has 4 heterocycles. The summed E-state index contributed by atoms with van der Waals surface area (Å²) in [6.07, 6.45) is 3.84. The first-order chi connectivity index (χ1) is 31.1. The van der Waals surface area contributed by atoms with Crippen molar-refractivity contribution in [2.45, 2.75) is 26.2 Å². The Morgan fingerprint density at radius 2 is 0.797 bits per heavy atom. The third-order valence-electron chi connectivity index (χ3n) is 14.0. The molecule has 6 heteroatoms. The molecule has 0 amide bonds. The van der Waals surface area contributed by atoms with Crippen molar-refractivity contribution in [2.24, 2.45) is 0 Å². The average molecular weight is 891 g/mol. The molecule has 10 aromatic rings. The summed E-state index contributed by atoms with van der Waals surface area (Å²) < 4.78 is 0. The topological polar surface area (TPSA) is 6.48 Å². The molecule has 0 atom stereocenters. The van der Waals surface area contributed by atoms with E-state index in [2.05, 4.69) is 219 Å². The second-order valence-electron chi connectivity index (χ2n) is 18.3. The van der Waals surface area contributed by atoms with E-state index < -0.39 is 16.1 Å². The molecule has 0 N–H and O–H groups in total. The molecule has 64 heavy (non-hydrogen) atoms. The van der Waals surface area contributed by atoms with Crippen LogP contribution < -0.4 is 30.5 Å². The summed E-state index contributed by atoms with van der Waals surface area (Å²) in [5.74, 6) is 0. The summed E-state index contributed by atoms with van der Waals surface area (Å²) in [4.78, 5) is 7.84. The fourth-order valence-electron chi connectivity index (χ4n) is 10.5. The minimum atomic E-state index is -2.07. The first-order valence-corrected chi connectivity index (χ1v) is 29.7. The maximum atomic E-state index is 4.02. The Kier molecular flexibility index (Phi) is 8.85. The lowest BCUT2D eigenvalue weighted by molar-refractivity contribution is 1.33. The molecule has 308 valence electrons. The largest absolute Gasteiger partial charge is 0.301 e. The van der Waals surface area contributed by atoms with Gasteiger partial charge in [-0.1, -0.05) is 161 Å². The number of hydrogen-bond acceptors (Lipinski definition) is 4. The third kappa shape index (κ3) is 5.86. The highest BCUT2D eigenvalue weighted by Gasteiger charge is 2.43. The van der Waals surface area contributed by atoms with Crippen LogP contribution in [-0.2, 0) is 0 Å². The zero-order valence-corrected chi connectivity index (χ0v) is 40.1. The number of rotatable bonds is 8. The molecule has 0 unspecified atom stereocenters. The van der Waals surface area contributed by atoms with Crippen LogP contribution in [0.15, 0.2) is 183 Å². The van der Waals surface area contributed by atoms with Crippen molar-refractivity contribution in [2.75, 3.05) is 9.80 Å². The minimum absolute atomic E-state index is 1.12. The Balaban J connectivity index is 0.981. The number of benzene rings is 8. The van der Waals surface area contributed by atoms with Crippen molar-refractivity contribution in [3.05, 3.63) is 194 Å². The van der Waals surface area contributed by atoms with E-state index in [0.29, 0.717) is 0 Å². The van der Waals surface area contributed by atoms with Crippen LogP contribution in [0.3, 0.4) is 0 Å². The SMILES string of the molecule is C=Cc1ccc(N(c2cc3c(s2)-c2cc4cc5c(cc4cc2[Si]3(C)C)-c2sc(N(c3ccc(C=C)cc3)c3cccc4ccccc34)cc2[Si]5(C)C)c2cccc3ccccc23)cc1. The molecular weight excluding hydrogens is 845 g/mol. The van der Waals surface area contributed by atoms with Gasteiger partial charge >= 0.3 is 0 Å². The Hall–Kier alpha value is -6.55. The van der Waals surface area contributed by atoms with Crippen molar-refractivity contribution < 1.29 is 0 Å². The van der Waals surface area contributed by atoms with E-state index in [4.69, 9.17) is 0 Å². The van der Waals surface area contributed by atoms with Crippen LogP contribution in [0.5, 0.6) is 0 Å². The van der Waals surface area contributed by atoms with Crippen LogP contribution >= 0.6 is 22.7 Å². The van der Waals surface area contributed by atoms with Gasteiger partial charge in [-0.05, 0) is 125 Å². The summed E-state index contributed by atoms with van der Waals surface area (Å²) in [5, 5.41) is 16.4. The Bertz CT molecular complexity index is 3310. The first-order valence-electron chi connectivity index (χ1n) is 22.1. The maximum Gasteiger partial charge on any atom is 0.115 e. The molecule has 0 bridgehead atoms. The maximum absolute atomic E-state index is 4.02. The summed E-state index contributed by atoms with van der Waals surface area (Å²) in [5.41, 5.74) is 9.81. The zero-order chi connectivity index (χ0) is 43.5. The molecule has 0 fully saturated rings. The molecule has 2 aromatic heterocycles. The summed E-state index contributed by atoms with van der Waals surface area (Å²) in [6, 6.07) is 63.8. The van der Waals surface area contributed by atoms with Gasteiger partial charge in [-0.15, -0.1) is 22.7 Å². The quantitative estimate of drug-likeness (QED) is 0.140. The van der Waals surface area contributed by atoms with Gasteiger partial charge in [-0.2, -0.15) is 0 Å². The van der Waals surface area contributed by atoms with E-state index >= 15 is 0 Å². The molecule has 0 saturated carbocycles. The second kappa shape index (κ2) is 14.5. The van der Waals surface area contributed by atoms with Gasteiger partial charge in [0.15, 0.2) is 0 Å². The van der Waals surface area contributed by atoms with E-state index in [1.165, 1.54) is 84.9 Å². The predicted molar refractivity (Wildman–Crippen MR) is 289 cm³/mol. The molecule has 2 aliphatic rings. The molecule has 8 aromatic carbocycles. The zero-order valence-electron chi connectivity index (χ0n) is 36.4. The van der Waals surface area contributed by atoms with Crippen LogP contribution in [0.25, 0.3) is 65.4 Å². The lowest BCUT2D eigenvalue weighted by Crippen LogP contribution is -2.49. The number of thiophene rings is 2. The number of nitrogens with zero attached hydrogens (tertiary/aromatic N) is 2. The van der Waals surface area contributed by atoms with Gasteiger partial charge in [0, 0.05) is 31.9 Å². The van der Waals surface area contributed by atoms with E-state index in [1.54, 1.807) is 10.4 Å². The molecule has 2 aliphatic heterocycles. The van der Waals surface area contributed by atoms with Gasteiger partial charge in [0.25, 0.3) is 0 Å². The van der Waals surface area contributed by atoms with E-state index in [-0.39, 0.29) is 0 Å². The molecule has 0 aliphatic carbocycles. The van der Waals surface area contributed by atoms with Crippen molar-refractivity contribution in [1.82, 2.24) is 0 Å². The normalized spacial score (nSPS) is 14.0. The minimum Gasteiger partial charge on any atom is -0.301 e. The number of fused-ring (bicyclic) bond motifs is 9. The van der Waals surface area contributed by atoms with Crippen LogP contribution in [-0.4, -0.2) is 16.1 Å². The molecular formula is C58H46N2S2Si2. The fraction of sp³-hybridized carbons (Fsp3) is 0.0690. The lowest BCUT2D eigenvalue weighted by Gasteiger charge is -2.26. The van der Waals surface area contributed by atoms with Crippen molar-refractivity contribution in [1.29, 1.82) is 0 Å². The van der Waals surface area contributed by atoms with Gasteiger partial charge in [0.05, 0.1) is 11.4 Å². The summed E-state index contributed by atoms with van der Waals surface area (Å²) in [7, 11) is -4.13. The molecule has 2 nitrogen and oxygen atoms in total.